The van der Waals surface area contributed by atoms with Crippen LogP contribution < -0.4 is 53.6 Å². The van der Waals surface area contributed by atoms with E-state index < -0.39 is 151 Å². The van der Waals surface area contributed by atoms with E-state index >= 15 is 0 Å². The summed E-state index contributed by atoms with van der Waals surface area (Å²) >= 11 is 1.41. The molecule has 4 rings (SSSR count). The number of nitrogens with two attached hydrogens (primary N) is 1. The quantitative estimate of drug-likeness (QED) is 0.0253. The number of imidazole rings is 1. The second-order valence-corrected chi connectivity index (χ2v) is 21.6. The zero-order valence-corrected chi connectivity index (χ0v) is 49.0. The standard InChI is InChI=1S/C56H79N13O15S/c1-7-29(3)46(57)53(80)63-39(19-20-85-6)50(77)61-27-44(73)69-48(31(5)70)55(82)64-38(17-18-45(74)75)49(76)60-26-43(72)68-47(30(4)8-2)54(81)66-40(21-32-13-15-35(71)16-14-32)51(78)65-41(23-34-25-58-28-62-34)52(79)67-42(56(83)84)22-33-24-59-37-12-10-9-11-36(33)37/h9-16,24-25,28-31,38-42,46-48,59,70-71H,7-8,17-23,26-27,57H2,1-6H3,(H,58,62)(H,60,76)(H,61,77)(H,63,80)(H,64,82)(H,65,78)(H,66,81)(H,67,79)(H,68,72)(H,69,73)(H,74,75)(H,83,84)/t29-,30-,31+,38-,39-,40-,41-,42-,46-,47-,48-/m0/s1. The Labute approximate surface area is 494 Å². The fourth-order valence-corrected chi connectivity index (χ4v) is 9.12. The van der Waals surface area contributed by atoms with Crippen LogP contribution in [0.5, 0.6) is 5.75 Å². The van der Waals surface area contributed by atoms with Crippen LogP contribution in [-0.2, 0) is 72.0 Å². The molecule has 2 aromatic carbocycles. The molecular weight excluding hydrogens is 1130 g/mol. The second kappa shape index (κ2) is 34.3. The highest BCUT2D eigenvalue weighted by molar-refractivity contribution is 7.98. The van der Waals surface area contributed by atoms with E-state index in [2.05, 4.69) is 62.8 Å². The van der Waals surface area contributed by atoms with Gasteiger partial charge in [0.1, 0.15) is 48.0 Å². The number of phenolic OH excluding ortho intramolecular Hbond substituents is 1. The number of benzene rings is 2. The summed E-state index contributed by atoms with van der Waals surface area (Å²) in [6.45, 7) is 6.57. The van der Waals surface area contributed by atoms with Gasteiger partial charge in [-0.25, -0.2) is 9.78 Å². The molecule has 2 aromatic heterocycles. The predicted octanol–water partition coefficient (Wildman–Crippen LogP) is -1.25. The van der Waals surface area contributed by atoms with Crippen molar-refractivity contribution in [2.24, 2.45) is 17.6 Å². The number of carbonyl (C=O) groups is 11. The van der Waals surface area contributed by atoms with Gasteiger partial charge in [-0.2, -0.15) is 11.8 Å². The molecule has 0 radical (unpaired) electrons. The summed E-state index contributed by atoms with van der Waals surface area (Å²) in [4.78, 5) is 157. The minimum absolute atomic E-state index is 0.0977. The molecule has 29 heteroatoms. The first-order valence-electron chi connectivity index (χ1n) is 27.7. The number of aliphatic carboxylic acids is 2. The monoisotopic (exact) mass is 1210 g/mol. The third kappa shape index (κ3) is 22.2. The number of carboxylic acid groups (broad SMARTS) is 2. The smallest absolute Gasteiger partial charge is 0.326 e. The van der Waals surface area contributed by atoms with Crippen LogP contribution in [0.15, 0.2) is 67.3 Å². The molecule has 0 saturated heterocycles. The zero-order valence-electron chi connectivity index (χ0n) is 48.2. The Morgan fingerprint density at radius 1 is 0.612 bits per heavy atom. The SMILES string of the molecule is CC[C@H](C)[C@H](N)C(=O)N[C@@H](CCSC)C(=O)NCC(=O)N[C@H](C(=O)N[C@@H](CCC(=O)O)C(=O)NCC(=O)N[C@H](C(=O)N[C@@H](Cc1ccc(O)cc1)C(=O)N[C@@H](Cc1cnc[nH]1)C(=O)N[C@@H](Cc1c[nH]c2ccccc12)C(=O)O)[C@@H](C)CC)[C@@H](C)O. The van der Waals surface area contributed by atoms with E-state index in [1.165, 1.54) is 48.6 Å². The molecule has 17 N–H and O–H groups in total. The van der Waals surface area contributed by atoms with Crippen LogP contribution in [0, 0.1) is 11.8 Å². The number of thioether (sulfide) groups is 1. The minimum Gasteiger partial charge on any atom is -0.508 e. The number of nitrogens with zero attached hydrogens (tertiary/aromatic N) is 1. The van der Waals surface area contributed by atoms with E-state index in [1.54, 1.807) is 51.4 Å². The Hall–Kier alpha value is -8.57. The Morgan fingerprint density at radius 3 is 1.72 bits per heavy atom. The number of phenols is 1. The van der Waals surface area contributed by atoms with Crippen molar-refractivity contribution >= 4 is 87.8 Å². The largest absolute Gasteiger partial charge is 0.508 e. The van der Waals surface area contributed by atoms with Crippen molar-refractivity contribution in [3.63, 3.8) is 0 Å². The van der Waals surface area contributed by atoms with Crippen LogP contribution in [0.25, 0.3) is 10.9 Å². The van der Waals surface area contributed by atoms with Crippen molar-refractivity contribution in [3.8, 4) is 5.75 Å². The van der Waals surface area contributed by atoms with Crippen LogP contribution in [0.2, 0.25) is 0 Å². The number of aromatic amines is 2. The third-order valence-corrected chi connectivity index (χ3v) is 14.8. The number of H-pyrrole nitrogens is 2. The van der Waals surface area contributed by atoms with Gasteiger partial charge < -0.3 is 84.0 Å². The number of aromatic nitrogens is 3. The maximum absolute atomic E-state index is 14.5. The molecule has 0 bridgehead atoms. The summed E-state index contributed by atoms with van der Waals surface area (Å²) in [5.41, 5.74) is 8.23. The summed E-state index contributed by atoms with van der Waals surface area (Å²) in [5, 5.41) is 63.3. The molecule has 0 aliphatic rings. The Morgan fingerprint density at radius 2 is 1.15 bits per heavy atom. The number of nitrogens with one attached hydrogen (secondary N) is 11. The van der Waals surface area contributed by atoms with Crippen molar-refractivity contribution in [1.82, 2.24) is 62.8 Å². The van der Waals surface area contributed by atoms with Gasteiger partial charge in [-0.15, -0.1) is 0 Å². The van der Waals surface area contributed by atoms with E-state index in [0.29, 0.717) is 29.0 Å². The van der Waals surface area contributed by atoms with Crippen molar-refractivity contribution in [2.75, 3.05) is 25.1 Å². The molecule has 464 valence electrons. The number of aliphatic hydroxyl groups is 1. The van der Waals surface area contributed by atoms with Crippen LogP contribution in [0.1, 0.15) is 83.5 Å². The topological polar surface area (TPSA) is 447 Å². The molecule has 0 aliphatic heterocycles. The third-order valence-electron chi connectivity index (χ3n) is 14.2. The van der Waals surface area contributed by atoms with Gasteiger partial charge in [0.05, 0.1) is 31.6 Å². The van der Waals surface area contributed by atoms with E-state index in [0.717, 1.165) is 17.8 Å². The van der Waals surface area contributed by atoms with Crippen LogP contribution >= 0.6 is 11.8 Å². The molecule has 28 nitrogen and oxygen atoms in total. The number of amides is 9. The number of hydrogen-bond acceptors (Lipinski definition) is 16. The van der Waals surface area contributed by atoms with Gasteiger partial charge in [-0.3, -0.25) is 47.9 Å². The number of rotatable bonds is 36. The molecule has 0 saturated carbocycles. The van der Waals surface area contributed by atoms with E-state index in [4.69, 9.17) is 5.73 Å². The van der Waals surface area contributed by atoms with Crippen molar-refractivity contribution in [3.05, 3.63) is 84.1 Å². The maximum Gasteiger partial charge on any atom is 0.326 e. The molecule has 2 heterocycles. The number of aromatic hydroxyl groups is 1. The number of aliphatic hydroxyl groups excluding tert-OH is 1. The molecule has 11 atom stereocenters. The van der Waals surface area contributed by atoms with Crippen LogP contribution in [-0.4, -0.2) is 180 Å². The number of fused-ring (bicyclic) bond motifs is 1. The van der Waals surface area contributed by atoms with E-state index in [9.17, 15) is 73.2 Å². The lowest BCUT2D eigenvalue weighted by Gasteiger charge is -2.28. The van der Waals surface area contributed by atoms with Crippen LogP contribution in [0.4, 0.5) is 0 Å². The Kier molecular flexibility index (Phi) is 27.8. The zero-order chi connectivity index (χ0) is 62.9. The van der Waals surface area contributed by atoms with Gasteiger partial charge in [0, 0.05) is 54.7 Å². The number of para-hydroxylation sites is 1. The average Bonchev–Trinajstić information content (AvgIpc) is 3.80. The number of carboxylic acids is 2. The molecule has 0 fully saturated rings. The molecule has 0 spiro atoms. The highest BCUT2D eigenvalue weighted by Gasteiger charge is 2.36. The van der Waals surface area contributed by atoms with Gasteiger partial charge in [0.25, 0.3) is 0 Å². The van der Waals surface area contributed by atoms with E-state index in [-0.39, 0.29) is 43.8 Å². The number of carbonyl (C=O) groups excluding carboxylic acids is 9. The summed E-state index contributed by atoms with van der Waals surface area (Å²) in [5.74, 6) is -11.2. The van der Waals surface area contributed by atoms with Crippen molar-refractivity contribution < 1.29 is 73.2 Å². The van der Waals surface area contributed by atoms with Crippen molar-refractivity contribution in [2.45, 2.75) is 140 Å². The van der Waals surface area contributed by atoms with E-state index in [1.807, 2.05) is 13.0 Å². The fourth-order valence-electron chi connectivity index (χ4n) is 8.65. The Balaban J connectivity index is 1.47. The lowest BCUT2D eigenvalue weighted by molar-refractivity contribution is -0.142. The molecule has 9 amide bonds. The first kappa shape index (κ1) is 68.9. The minimum atomic E-state index is -1.76. The predicted molar refractivity (Wildman–Crippen MR) is 312 cm³/mol. The van der Waals surface area contributed by atoms with Crippen molar-refractivity contribution in [1.29, 1.82) is 0 Å². The highest BCUT2D eigenvalue weighted by atomic mass is 32.2. The molecule has 85 heavy (non-hydrogen) atoms. The van der Waals surface area contributed by atoms with Gasteiger partial charge in [-0.05, 0) is 72.9 Å². The summed E-state index contributed by atoms with van der Waals surface area (Å²) in [7, 11) is 0. The summed E-state index contributed by atoms with van der Waals surface area (Å²) in [6.07, 6.45) is 3.91. The molecule has 0 unspecified atom stereocenters. The lowest BCUT2D eigenvalue weighted by Crippen LogP contribution is -2.60. The summed E-state index contributed by atoms with van der Waals surface area (Å²) in [6, 6.07) is 1.74. The first-order chi connectivity index (χ1) is 40.3. The lowest BCUT2D eigenvalue weighted by atomic mass is 9.97. The summed E-state index contributed by atoms with van der Waals surface area (Å²) < 4.78 is 0. The van der Waals surface area contributed by atoms with Gasteiger partial charge in [0.2, 0.25) is 53.2 Å². The number of hydrogen-bond donors (Lipinski definition) is 16. The van der Waals surface area contributed by atoms with Crippen LogP contribution in [0.3, 0.4) is 0 Å². The van der Waals surface area contributed by atoms with Gasteiger partial charge in [-0.1, -0.05) is 70.9 Å². The normalized spacial score (nSPS) is 15.1. The highest BCUT2D eigenvalue weighted by Crippen LogP contribution is 2.20. The maximum atomic E-state index is 14.5. The van der Waals surface area contributed by atoms with Gasteiger partial charge in [0.15, 0.2) is 0 Å². The first-order valence-corrected chi connectivity index (χ1v) is 29.1. The fraction of sp³-hybridized carbons (Fsp3) is 0.500. The second-order valence-electron chi connectivity index (χ2n) is 20.6. The molecule has 0 aliphatic carbocycles. The van der Waals surface area contributed by atoms with Gasteiger partial charge >= 0.3 is 11.9 Å². The molecule has 4 aromatic rings. The average molecular weight is 1210 g/mol. The molecular formula is C56H79N13O15S. The Bertz CT molecular complexity index is 2920.